The number of methoxy groups -OCH3 is 1. The first-order chi connectivity index (χ1) is 13.2. The normalized spacial score (nSPS) is 10.7. The predicted molar refractivity (Wildman–Crippen MR) is 106 cm³/mol. The average Bonchev–Trinajstić information content (AvgIpc) is 3.10. The van der Waals surface area contributed by atoms with Crippen molar-refractivity contribution in [2.75, 3.05) is 24.8 Å². The molecule has 140 valence electrons. The maximum absolute atomic E-state index is 12.2. The van der Waals surface area contributed by atoms with E-state index < -0.39 is 0 Å². The smallest absolute Gasteiger partial charge is 0.234 e. The van der Waals surface area contributed by atoms with Crippen LogP contribution in [0.4, 0.5) is 5.69 Å². The molecule has 9 heteroatoms. The third kappa shape index (κ3) is 5.29. The van der Waals surface area contributed by atoms with Gasteiger partial charge >= 0.3 is 0 Å². The third-order valence-corrected chi connectivity index (χ3v) is 4.85. The van der Waals surface area contributed by atoms with Gasteiger partial charge in [-0.05, 0) is 36.4 Å². The number of aromatic nitrogens is 4. The summed E-state index contributed by atoms with van der Waals surface area (Å²) in [4.78, 5) is 16.2. The van der Waals surface area contributed by atoms with Gasteiger partial charge < -0.3 is 10.1 Å². The van der Waals surface area contributed by atoms with Crippen molar-refractivity contribution in [1.82, 2.24) is 19.7 Å². The van der Waals surface area contributed by atoms with Crippen molar-refractivity contribution in [2.24, 2.45) is 0 Å². The molecule has 0 aliphatic heterocycles. The monoisotopic (exact) mass is 403 g/mol. The molecule has 7 nitrogen and oxygen atoms in total. The number of nitrogens with one attached hydrogen (secondary N) is 1. The Morgan fingerprint density at radius 2 is 1.93 bits per heavy atom. The van der Waals surface area contributed by atoms with Gasteiger partial charge in [0.1, 0.15) is 0 Å². The maximum Gasteiger partial charge on any atom is 0.234 e. The summed E-state index contributed by atoms with van der Waals surface area (Å²) >= 11 is 7.18. The van der Waals surface area contributed by atoms with Gasteiger partial charge in [0.2, 0.25) is 5.91 Å². The van der Waals surface area contributed by atoms with Gasteiger partial charge in [-0.3, -0.25) is 14.3 Å². The highest BCUT2D eigenvalue weighted by molar-refractivity contribution is 7.99. The van der Waals surface area contributed by atoms with Gasteiger partial charge in [0.05, 0.1) is 18.9 Å². The minimum absolute atomic E-state index is 0.130. The minimum Gasteiger partial charge on any atom is -0.383 e. The zero-order chi connectivity index (χ0) is 19.1. The molecule has 1 N–H and O–H groups in total. The second-order valence-electron chi connectivity index (χ2n) is 5.53. The second-order valence-corrected chi connectivity index (χ2v) is 6.91. The molecule has 0 bridgehead atoms. The maximum atomic E-state index is 12.2. The lowest BCUT2D eigenvalue weighted by molar-refractivity contribution is -0.113. The third-order valence-electron chi connectivity index (χ3n) is 3.63. The van der Waals surface area contributed by atoms with Crippen LogP contribution in [0.1, 0.15) is 0 Å². The van der Waals surface area contributed by atoms with Gasteiger partial charge in [0.15, 0.2) is 11.0 Å². The lowest BCUT2D eigenvalue weighted by Gasteiger charge is -2.10. The van der Waals surface area contributed by atoms with Crippen LogP contribution in [-0.2, 0) is 16.1 Å². The van der Waals surface area contributed by atoms with Crippen molar-refractivity contribution >= 4 is 35.0 Å². The summed E-state index contributed by atoms with van der Waals surface area (Å²) in [5.41, 5.74) is 1.61. The molecule has 0 unspecified atom stereocenters. The first-order valence-electron chi connectivity index (χ1n) is 8.18. The van der Waals surface area contributed by atoms with Crippen LogP contribution in [-0.4, -0.2) is 45.1 Å². The van der Waals surface area contributed by atoms with Gasteiger partial charge in [-0.25, -0.2) is 0 Å². The number of amides is 1. The van der Waals surface area contributed by atoms with Crippen LogP contribution >= 0.6 is 23.4 Å². The summed E-state index contributed by atoms with van der Waals surface area (Å²) in [5.74, 6) is 0.800. The summed E-state index contributed by atoms with van der Waals surface area (Å²) in [6.45, 7) is 1.10. The van der Waals surface area contributed by atoms with Crippen LogP contribution in [0, 0.1) is 0 Å². The Morgan fingerprint density at radius 1 is 1.19 bits per heavy atom. The molecule has 0 fully saturated rings. The summed E-state index contributed by atoms with van der Waals surface area (Å²) in [6, 6.07) is 10.7. The number of thioether (sulfide) groups is 1. The number of hydrogen-bond acceptors (Lipinski definition) is 6. The number of carbonyl (C=O) groups is 1. The van der Waals surface area contributed by atoms with E-state index in [9.17, 15) is 4.79 Å². The van der Waals surface area contributed by atoms with Crippen LogP contribution in [0.25, 0.3) is 11.4 Å². The number of carbonyl (C=O) groups excluding carboxylic acids is 1. The molecule has 0 saturated carbocycles. The van der Waals surface area contributed by atoms with Crippen molar-refractivity contribution in [3.8, 4) is 11.4 Å². The Bertz CT molecular complexity index is 887. The van der Waals surface area contributed by atoms with E-state index in [1.807, 2.05) is 16.7 Å². The fourth-order valence-electron chi connectivity index (χ4n) is 2.35. The van der Waals surface area contributed by atoms with E-state index in [0.29, 0.717) is 29.0 Å². The Labute approximate surface area is 166 Å². The molecular formula is C18H18ClN5O2S. The van der Waals surface area contributed by atoms with Gasteiger partial charge in [-0.2, -0.15) is 0 Å². The average molecular weight is 404 g/mol. The van der Waals surface area contributed by atoms with E-state index >= 15 is 0 Å². The van der Waals surface area contributed by atoms with Gasteiger partial charge in [0.25, 0.3) is 0 Å². The number of rotatable bonds is 8. The van der Waals surface area contributed by atoms with Crippen LogP contribution in [0.15, 0.2) is 53.9 Å². The molecule has 0 aliphatic rings. The summed E-state index contributed by atoms with van der Waals surface area (Å²) in [6.07, 6.45) is 3.41. The Kier molecular flexibility index (Phi) is 6.80. The molecule has 0 atom stereocenters. The lowest BCUT2D eigenvalue weighted by Crippen LogP contribution is -2.15. The Hall–Kier alpha value is -2.42. The molecular weight excluding hydrogens is 386 g/mol. The predicted octanol–water partition coefficient (Wildman–Crippen LogP) is 3.37. The molecule has 2 heterocycles. The highest BCUT2D eigenvalue weighted by Crippen LogP contribution is 2.24. The molecule has 0 saturated heterocycles. The Morgan fingerprint density at radius 3 is 2.63 bits per heavy atom. The number of anilines is 1. The summed E-state index contributed by atoms with van der Waals surface area (Å²) < 4.78 is 7.13. The zero-order valence-corrected chi connectivity index (χ0v) is 16.2. The van der Waals surface area contributed by atoms with Crippen LogP contribution in [0.2, 0.25) is 5.02 Å². The van der Waals surface area contributed by atoms with Crippen molar-refractivity contribution < 1.29 is 9.53 Å². The van der Waals surface area contributed by atoms with Crippen LogP contribution in [0.5, 0.6) is 0 Å². The zero-order valence-electron chi connectivity index (χ0n) is 14.6. The van der Waals surface area contributed by atoms with E-state index in [1.165, 1.54) is 11.8 Å². The van der Waals surface area contributed by atoms with E-state index in [1.54, 1.807) is 43.8 Å². The number of benzene rings is 1. The highest BCUT2D eigenvalue weighted by Gasteiger charge is 2.15. The van der Waals surface area contributed by atoms with E-state index in [-0.39, 0.29) is 11.7 Å². The van der Waals surface area contributed by atoms with Crippen molar-refractivity contribution in [1.29, 1.82) is 0 Å². The fourth-order valence-corrected chi connectivity index (χ4v) is 3.25. The molecule has 0 aliphatic carbocycles. The summed E-state index contributed by atoms with van der Waals surface area (Å²) in [5, 5.41) is 12.6. The highest BCUT2D eigenvalue weighted by atomic mass is 35.5. The number of nitrogens with zero attached hydrogens (tertiary/aromatic N) is 4. The molecule has 1 aromatic carbocycles. The number of halogens is 1. The molecule has 0 spiro atoms. The van der Waals surface area contributed by atoms with Gasteiger partial charge in [-0.15, -0.1) is 10.2 Å². The Balaban J connectivity index is 1.69. The number of hydrogen-bond donors (Lipinski definition) is 1. The van der Waals surface area contributed by atoms with Crippen molar-refractivity contribution in [2.45, 2.75) is 11.7 Å². The molecule has 1 amide bonds. The largest absolute Gasteiger partial charge is 0.383 e. The number of ether oxygens (including phenoxy) is 1. The fraction of sp³-hybridized carbons (Fsp3) is 0.222. The molecule has 0 radical (unpaired) electrons. The van der Waals surface area contributed by atoms with Crippen LogP contribution in [0.3, 0.4) is 0 Å². The van der Waals surface area contributed by atoms with Gasteiger partial charge in [-0.1, -0.05) is 23.4 Å². The SMILES string of the molecule is COCCn1c(SCC(=O)Nc2ccc(Cl)cc2)nnc1-c1ccncc1. The van der Waals surface area contributed by atoms with Gasteiger partial charge in [0, 0.05) is 35.8 Å². The standard InChI is InChI=1S/C18H18ClN5O2S/c1-26-11-10-24-17(13-6-8-20-9-7-13)22-23-18(24)27-12-16(25)21-15-4-2-14(19)3-5-15/h2-9H,10-12H2,1H3,(H,21,25). The molecule has 3 aromatic rings. The quantitative estimate of drug-likeness (QED) is 0.581. The first kappa shape index (κ1) is 19.3. The summed E-state index contributed by atoms with van der Waals surface area (Å²) in [7, 11) is 1.64. The molecule has 27 heavy (non-hydrogen) atoms. The first-order valence-corrected chi connectivity index (χ1v) is 9.54. The minimum atomic E-state index is -0.130. The topological polar surface area (TPSA) is 81.9 Å². The van der Waals surface area contributed by atoms with E-state index in [2.05, 4.69) is 20.5 Å². The van der Waals surface area contributed by atoms with Crippen molar-refractivity contribution in [3.63, 3.8) is 0 Å². The number of pyridine rings is 1. The second kappa shape index (κ2) is 9.50. The molecule has 2 aromatic heterocycles. The van der Waals surface area contributed by atoms with Crippen molar-refractivity contribution in [3.05, 3.63) is 53.8 Å². The van der Waals surface area contributed by atoms with E-state index in [4.69, 9.17) is 16.3 Å². The van der Waals surface area contributed by atoms with E-state index in [0.717, 1.165) is 11.4 Å². The lowest BCUT2D eigenvalue weighted by atomic mass is 10.2. The van der Waals surface area contributed by atoms with Crippen LogP contribution < -0.4 is 5.32 Å². The molecule has 3 rings (SSSR count).